The minimum Gasteiger partial charge on any atom is -0.481 e. The molecule has 0 saturated heterocycles. The first kappa shape index (κ1) is 14.4. The van der Waals surface area contributed by atoms with E-state index in [4.69, 9.17) is 4.74 Å². The van der Waals surface area contributed by atoms with Crippen LogP contribution in [0.15, 0.2) is 36.5 Å². The van der Waals surface area contributed by atoms with Crippen LogP contribution >= 0.6 is 0 Å². The summed E-state index contributed by atoms with van der Waals surface area (Å²) in [5, 5.41) is 3.06. The van der Waals surface area contributed by atoms with E-state index in [1.165, 1.54) is 12.1 Å². The maximum absolute atomic E-state index is 13.3. The molecule has 3 nitrogen and oxygen atoms in total. The van der Waals surface area contributed by atoms with Crippen LogP contribution < -0.4 is 10.1 Å². The Morgan fingerprint density at radius 3 is 2.40 bits per heavy atom. The number of nitrogens with one attached hydrogen (secondary N) is 1. The van der Waals surface area contributed by atoms with Crippen LogP contribution in [0, 0.1) is 11.6 Å². The third kappa shape index (κ3) is 3.51. The Morgan fingerprint density at radius 2 is 1.90 bits per heavy atom. The molecule has 5 heteroatoms. The van der Waals surface area contributed by atoms with Gasteiger partial charge in [-0.3, -0.25) is 0 Å². The molecule has 0 saturated carbocycles. The molecule has 2 rings (SSSR count). The van der Waals surface area contributed by atoms with Crippen molar-refractivity contribution in [3.63, 3.8) is 0 Å². The molecule has 0 aliphatic carbocycles. The van der Waals surface area contributed by atoms with Gasteiger partial charge in [0.15, 0.2) is 0 Å². The lowest BCUT2D eigenvalue weighted by molar-refractivity contribution is 0.397. The second-order valence-electron chi connectivity index (χ2n) is 4.46. The van der Waals surface area contributed by atoms with E-state index in [1.54, 1.807) is 26.4 Å². The Morgan fingerprint density at radius 1 is 1.20 bits per heavy atom. The van der Waals surface area contributed by atoms with Crippen molar-refractivity contribution in [3.05, 3.63) is 59.3 Å². The van der Waals surface area contributed by atoms with Crippen molar-refractivity contribution in [2.75, 3.05) is 14.2 Å². The average Bonchev–Trinajstić information content (AvgIpc) is 2.44. The highest BCUT2D eigenvalue weighted by Crippen LogP contribution is 2.20. The first-order valence-corrected chi connectivity index (χ1v) is 6.24. The van der Waals surface area contributed by atoms with Gasteiger partial charge in [-0.15, -0.1) is 0 Å². The zero-order valence-corrected chi connectivity index (χ0v) is 11.4. The highest BCUT2D eigenvalue weighted by Gasteiger charge is 2.13. The van der Waals surface area contributed by atoms with Crippen LogP contribution in [0.3, 0.4) is 0 Å². The van der Waals surface area contributed by atoms with Crippen molar-refractivity contribution >= 4 is 0 Å². The van der Waals surface area contributed by atoms with Crippen molar-refractivity contribution in [2.45, 2.75) is 12.5 Å². The number of hydrogen-bond acceptors (Lipinski definition) is 3. The van der Waals surface area contributed by atoms with Crippen molar-refractivity contribution in [1.82, 2.24) is 10.3 Å². The number of halogens is 2. The van der Waals surface area contributed by atoms with Gasteiger partial charge in [0.25, 0.3) is 0 Å². The fourth-order valence-electron chi connectivity index (χ4n) is 2.05. The summed E-state index contributed by atoms with van der Waals surface area (Å²) in [6, 6.07) is 6.99. The van der Waals surface area contributed by atoms with E-state index in [9.17, 15) is 8.78 Å². The van der Waals surface area contributed by atoms with Crippen molar-refractivity contribution in [1.29, 1.82) is 0 Å². The second kappa shape index (κ2) is 6.43. The topological polar surface area (TPSA) is 34.1 Å². The molecule has 1 N–H and O–H groups in total. The van der Waals surface area contributed by atoms with Gasteiger partial charge in [0.2, 0.25) is 5.88 Å². The average molecular weight is 278 g/mol. The van der Waals surface area contributed by atoms with Crippen LogP contribution in [0.1, 0.15) is 17.2 Å². The van der Waals surface area contributed by atoms with E-state index in [-0.39, 0.29) is 6.04 Å². The molecule has 1 aromatic carbocycles. The fourth-order valence-corrected chi connectivity index (χ4v) is 2.05. The predicted octanol–water partition coefficient (Wildman–Crippen LogP) is 2.87. The number of ether oxygens (including phenoxy) is 1. The van der Waals surface area contributed by atoms with E-state index in [1.807, 2.05) is 6.07 Å². The van der Waals surface area contributed by atoms with Gasteiger partial charge < -0.3 is 10.1 Å². The zero-order chi connectivity index (χ0) is 14.5. The summed E-state index contributed by atoms with van der Waals surface area (Å²) in [5.74, 6) is -0.618. The maximum Gasteiger partial charge on any atom is 0.212 e. The molecule has 0 spiro atoms. The first-order valence-electron chi connectivity index (χ1n) is 6.24. The summed E-state index contributed by atoms with van der Waals surface area (Å²) in [5.41, 5.74) is 1.52. The Bertz CT molecular complexity index is 552. The minimum absolute atomic E-state index is 0.185. The molecule has 0 radical (unpaired) electrons. The van der Waals surface area contributed by atoms with Gasteiger partial charge in [-0.2, -0.15) is 0 Å². The third-order valence-corrected chi connectivity index (χ3v) is 3.08. The Hall–Kier alpha value is -2.01. The van der Waals surface area contributed by atoms with E-state index in [2.05, 4.69) is 10.3 Å². The van der Waals surface area contributed by atoms with Crippen LogP contribution in [0.4, 0.5) is 8.78 Å². The zero-order valence-electron chi connectivity index (χ0n) is 11.4. The smallest absolute Gasteiger partial charge is 0.212 e. The van der Waals surface area contributed by atoms with Gasteiger partial charge in [0.1, 0.15) is 11.6 Å². The van der Waals surface area contributed by atoms with Gasteiger partial charge in [0, 0.05) is 24.4 Å². The summed E-state index contributed by atoms with van der Waals surface area (Å²) < 4.78 is 31.5. The molecule has 1 atom stereocenters. The monoisotopic (exact) mass is 278 g/mol. The highest BCUT2D eigenvalue weighted by molar-refractivity contribution is 5.25. The van der Waals surface area contributed by atoms with E-state index < -0.39 is 11.6 Å². The van der Waals surface area contributed by atoms with Gasteiger partial charge in [-0.1, -0.05) is 6.07 Å². The van der Waals surface area contributed by atoms with Gasteiger partial charge >= 0.3 is 0 Å². The van der Waals surface area contributed by atoms with E-state index >= 15 is 0 Å². The molecule has 0 amide bonds. The Balaban J connectivity index is 2.19. The second-order valence-corrected chi connectivity index (χ2v) is 4.46. The molecule has 2 aromatic rings. The first-order chi connectivity index (χ1) is 9.62. The summed E-state index contributed by atoms with van der Waals surface area (Å²) in [7, 11) is 3.30. The van der Waals surface area contributed by atoms with Gasteiger partial charge in [-0.05, 0) is 36.7 Å². The minimum atomic E-state index is -0.576. The lowest BCUT2D eigenvalue weighted by Crippen LogP contribution is -2.19. The number of rotatable bonds is 5. The number of benzene rings is 1. The summed E-state index contributed by atoms with van der Waals surface area (Å²) in [4.78, 5) is 4.12. The van der Waals surface area contributed by atoms with Gasteiger partial charge in [-0.25, -0.2) is 13.8 Å². The van der Waals surface area contributed by atoms with Crippen LogP contribution in [0.2, 0.25) is 0 Å². The number of aromatic nitrogens is 1. The van der Waals surface area contributed by atoms with Crippen LogP contribution in [-0.4, -0.2) is 19.1 Å². The Labute approximate surface area is 116 Å². The number of methoxy groups -OCH3 is 1. The number of pyridine rings is 1. The molecule has 1 aromatic heterocycles. The summed E-state index contributed by atoms with van der Waals surface area (Å²) >= 11 is 0. The molecular formula is C15H16F2N2O. The van der Waals surface area contributed by atoms with E-state index in [0.717, 1.165) is 11.6 Å². The van der Waals surface area contributed by atoms with Gasteiger partial charge in [0.05, 0.1) is 7.11 Å². The molecule has 1 heterocycles. The van der Waals surface area contributed by atoms with E-state index in [0.29, 0.717) is 17.9 Å². The molecule has 0 bridgehead atoms. The van der Waals surface area contributed by atoms with Crippen LogP contribution in [-0.2, 0) is 6.42 Å². The Kier molecular flexibility index (Phi) is 4.63. The van der Waals surface area contributed by atoms with Crippen molar-refractivity contribution < 1.29 is 13.5 Å². The van der Waals surface area contributed by atoms with Crippen LogP contribution in [0.25, 0.3) is 0 Å². The number of hydrogen-bond donors (Lipinski definition) is 1. The highest BCUT2D eigenvalue weighted by atomic mass is 19.1. The maximum atomic E-state index is 13.3. The third-order valence-electron chi connectivity index (χ3n) is 3.08. The molecular weight excluding hydrogens is 262 g/mol. The predicted molar refractivity (Wildman–Crippen MR) is 72.7 cm³/mol. The molecule has 1 unspecified atom stereocenters. The quantitative estimate of drug-likeness (QED) is 0.913. The van der Waals surface area contributed by atoms with Crippen molar-refractivity contribution in [3.8, 4) is 5.88 Å². The summed E-state index contributed by atoms with van der Waals surface area (Å²) in [6.45, 7) is 0. The molecule has 0 fully saturated rings. The lowest BCUT2D eigenvalue weighted by Gasteiger charge is -2.17. The summed E-state index contributed by atoms with van der Waals surface area (Å²) in [6.07, 6.45) is 2.27. The number of likely N-dealkylation sites (N-methyl/N-ethyl adjacent to an activating group) is 1. The van der Waals surface area contributed by atoms with Crippen LogP contribution in [0.5, 0.6) is 5.88 Å². The normalized spacial score (nSPS) is 12.2. The SMILES string of the molecule is CNC(Cc1ccc(OC)nc1)c1cc(F)cc(F)c1. The number of nitrogens with zero attached hydrogens (tertiary/aromatic N) is 1. The molecule has 0 aliphatic heterocycles. The molecule has 0 aliphatic rings. The largest absolute Gasteiger partial charge is 0.481 e. The standard InChI is InChI=1S/C15H16F2N2O/c1-18-14(11-6-12(16)8-13(17)7-11)5-10-3-4-15(20-2)19-9-10/h3-4,6-9,14,18H,5H2,1-2H3. The fraction of sp³-hybridized carbons (Fsp3) is 0.267. The molecule has 106 valence electrons. The lowest BCUT2D eigenvalue weighted by atomic mass is 10.00. The molecule has 20 heavy (non-hydrogen) atoms. The van der Waals surface area contributed by atoms with Crippen molar-refractivity contribution in [2.24, 2.45) is 0 Å².